The van der Waals surface area contributed by atoms with Crippen LogP contribution in [-0.4, -0.2) is 24.4 Å². The Morgan fingerprint density at radius 1 is 0.615 bits per heavy atom. The summed E-state index contributed by atoms with van der Waals surface area (Å²) in [5, 5.41) is 0. The monoisotopic (exact) mass is 343 g/mol. The summed E-state index contributed by atoms with van der Waals surface area (Å²) in [6.45, 7) is 0.957. The normalized spacial score (nSPS) is 13.7. The Labute approximate surface area is 156 Å². The minimum Gasteiger partial charge on any atom is -0.346 e. The molecule has 3 aromatic rings. The largest absolute Gasteiger partial charge is 0.346 e. The summed E-state index contributed by atoms with van der Waals surface area (Å²) < 4.78 is 0. The molecule has 1 saturated heterocycles. The second-order valence-corrected chi connectivity index (χ2v) is 6.58. The Kier molecular flexibility index (Phi) is 6.21. The van der Waals surface area contributed by atoms with Gasteiger partial charge in [-0.1, -0.05) is 84.9 Å². The zero-order chi connectivity index (χ0) is 18.2. The molecule has 1 aliphatic rings. The van der Waals surface area contributed by atoms with E-state index in [1.807, 2.05) is 19.2 Å². The first-order valence-corrected chi connectivity index (χ1v) is 9.19. The quantitative estimate of drug-likeness (QED) is 0.589. The molecule has 1 aliphatic heterocycles. The highest BCUT2D eigenvalue weighted by molar-refractivity contribution is 5.76. The molecule has 0 N–H and O–H groups in total. The van der Waals surface area contributed by atoms with Crippen LogP contribution in [0.25, 0.3) is 22.3 Å². The average molecular weight is 343 g/mol. The van der Waals surface area contributed by atoms with Gasteiger partial charge in [0.05, 0.1) is 0 Å². The number of hydrogen-bond acceptors (Lipinski definition) is 1. The number of piperidine rings is 1. The third-order valence-corrected chi connectivity index (χ3v) is 4.66. The van der Waals surface area contributed by atoms with E-state index in [-0.39, 0.29) is 0 Å². The van der Waals surface area contributed by atoms with Crippen molar-refractivity contribution in [1.29, 1.82) is 0 Å². The number of carbonyl (C=O) groups excluding carboxylic acids is 1. The molecular weight excluding hydrogens is 318 g/mol. The Morgan fingerprint density at radius 2 is 1.04 bits per heavy atom. The average Bonchev–Trinajstić information content (AvgIpc) is 2.72. The highest BCUT2D eigenvalue weighted by Crippen LogP contribution is 2.24. The van der Waals surface area contributed by atoms with Crippen LogP contribution in [-0.2, 0) is 4.79 Å². The zero-order valence-corrected chi connectivity index (χ0v) is 15.3. The lowest BCUT2D eigenvalue weighted by Crippen LogP contribution is -2.31. The van der Waals surface area contributed by atoms with E-state index >= 15 is 0 Å². The first-order valence-electron chi connectivity index (χ1n) is 9.19. The number of hydrogen-bond donors (Lipinski definition) is 0. The molecule has 1 heterocycles. The van der Waals surface area contributed by atoms with Gasteiger partial charge >= 0.3 is 0 Å². The smallest absolute Gasteiger partial charge is 0.222 e. The molecular formula is C24H25NO. The molecule has 0 atom stereocenters. The molecule has 0 bridgehead atoms. The van der Waals surface area contributed by atoms with Crippen LogP contribution in [0.2, 0.25) is 0 Å². The number of rotatable bonds is 2. The molecule has 2 heteroatoms. The van der Waals surface area contributed by atoms with Gasteiger partial charge in [-0.2, -0.15) is 0 Å². The SMILES string of the molecule is CN1CCCCC1=O.c1ccc(-c2ccc(-c3ccccc3)cc2)cc1. The van der Waals surface area contributed by atoms with Crippen LogP contribution in [0.15, 0.2) is 84.9 Å². The Balaban J connectivity index is 0.000000206. The van der Waals surface area contributed by atoms with Crippen LogP contribution < -0.4 is 0 Å². The first-order chi connectivity index (χ1) is 12.7. The van der Waals surface area contributed by atoms with Crippen molar-refractivity contribution in [1.82, 2.24) is 4.90 Å². The van der Waals surface area contributed by atoms with Crippen molar-refractivity contribution in [2.75, 3.05) is 13.6 Å². The maximum Gasteiger partial charge on any atom is 0.222 e. The summed E-state index contributed by atoms with van der Waals surface area (Å²) >= 11 is 0. The van der Waals surface area contributed by atoms with E-state index in [1.165, 1.54) is 28.7 Å². The van der Waals surface area contributed by atoms with Crippen LogP contribution >= 0.6 is 0 Å². The summed E-state index contributed by atoms with van der Waals surface area (Å²) in [5.41, 5.74) is 5.04. The van der Waals surface area contributed by atoms with Crippen molar-refractivity contribution in [3.63, 3.8) is 0 Å². The van der Waals surface area contributed by atoms with E-state index < -0.39 is 0 Å². The van der Waals surface area contributed by atoms with Crippen molar-refractivity contribution < 1.29 is 4.79 Å². The standard InChI is InChI=1S/C18H14.C6H11NO/c1-3-7-15(8-4-1)17-11-13-18(14-12-17)16-9-5-2-6-10-16;1-7-5-3-2-4-6(7)8/h1-14H;2-5H2,1H3. The first kappa shape index (κ1) is 17.9. The second-order valence-electron chi connectivity index (χ2n) is 6.58. The van der Waals surface area contributed by atoms with Crippen LogP contribution in [0.5, 0.6) is 0 Å². The molecule has 0 saturated carbocycles. The molecule has 0 radical (unpaired) electrons. The topological polar surface area (TPSA) is 20.3 Å². The fourth-order valence-electron chi connectivity index (χ4n) is 3.06. The van der Waals surface area contributed by atoms with E-state index in [0.717, 1.165) is 19.4 Å². The van der Waals surface area contributed by atoms with Gasteiger partial charge < -0.3 is 4.90 Å². The van der Waals surface area contributed by atoms with Crippen molar-refractivity contribution in [3.8, 4) is 22.3 Å². The lowest BCUT2D eigenvalue weighted by atomic mass is 10.0. The lowest BCUT2D eigenvalue weighted by Gasteiger charge is -2.21. The number of carbonyl (C=O) groups is 1. The van der Waals surface area contributed by atoms with Crippen molar-refractivity contribution in [2.24, 2.45) is 0 Å². The predicted molar refractivity (Wildman–Crippen MR) is 109 cm³/mol. The summed E-state index contributed by atoms with van der Waals surface area (Å²) in [5.74, 6) is 0.302. The summed E-state index contributed by atoms with van der Waals surface area (Å²) in [7, 11) is 1.86. The third-order valence-electron chi connectivity index (χ3n) is 4.66. The van der Waals surface area contributed by atoms with Gasteiger partial charge in [0.1, 0.15) is 0 Å². The molecule has 4 rings (SSSR count). The number of amides is 1. The van der Waals surface area contributed by atoms with E-state index in [0.29, 0.717) is 5.91 Å². The molecule has 0 aliphatic carbocycles. The second kappa shape index (κ2) is 9.00. The Bertz CT molecular complexity index is 751. The summed E-state index contributed by atoms with van der Waals surface area (Å²) in [6.07, 6.45) is 3.03. The van der Waals surface area contributed by atoms with Crippen molar-refractivity contribution in [3.05, 3.63) is 84.9 Å². The molecule has 1 fully saturated rings. The van der Waals surface area contributed by atoms with Crippen molar-refractivity contribution >= 4 is 5.91 Å². The highest BCUT2D eigenvalue weighted by atomic mass is 16.2. The minimum atomic E-state index is 0.302. The van der Waals surface area contributed by atoms with Gasteiger partial charge in [0, 0.05) is 20.0 Å². The molecule has 3 aromatic carbocycles. The molecule has 132 valence electrons. The van der Waals surface area contributed by atoms with Crippen LogP contribution in [0.3, 0.4) is 0 Å². The van der Waals surface area contributed by atoms with Crippen LogP contribution in [0.1, 0.15) is 19.3 Å². The number of likely N-dealkylation sites (tertiary alicyclic amines) is 1. The van der Waals surface area contributed by atoms with Gasteiger partial charge in [-0.3, -0.25) is 4.79 Å². The van der Waals surface area contributed by atoms with Gasteiger partial charge in [0.2, 0.25) is 5.91 Å². The van der Waals surface area contributed by atoms with Gasteiger partial charge in [0.25, 0.3) is 0 Å². The third kappa shape index (κ3) is 4.82. The maximum absolute atomic E-state index is 10.7. The molecule has 0 aromatic heterocycles. The van der Waals surface area contributed by atoms with E-state index in [1.54, 1.807) is 4.90 Å². The fourth-order valence-corrected chi connectivity index (χ4v) is 3.06. The zero-order valence-electron chi connectivity index (χ0n) is 15.3. The highest BCUT2D eigenvalue weighted by Gasteiger charge is 2.12. The lowest BCUT2D eigenvalue weighted by molar-refractivity contribution is -0.131. The predicted octanol–water partition coefficient (Wildman–Crippen LogP) is 5.65. The molecule has 0 spiro atoms. The minimum absolute atomic E-state index is 0.302. The summed E-state index contributed by atoms with van der Waals surface area (Å²) in [6, 6.07) is 29.6. The van der Waals surface area contributed by atoms with Gasteiger partial charge in [-0.15, -0.1) is 0 Å². The van der Waals surface area contributed by atoms with E-state index in [2.05, 4.69) is 72.8 Å². The molecule has 26 heavy (non-hydrogen) atoms. The summed E-state index contributed by atoms with van der Waals surface area (Å²) in [4.78, 5) is 12.5. The number of benzene rings is 3. The van der Waals surface area contributed by atoms with Crippen molar-refractivity contribution in [2.45, 2.75) is 19.3 Å². The van der Waals surface area contributed by atoms with Gasteiger partial charge in [-0.05, 0) is 35.1 Å². The molecule has 0 unspecified atom stereocenters. The molecule has 2 nitrogen and oxygen atoms in total. The van der Waals surface area contributed by atoms with E-state index in [9.17, 15) is 4.79 Å². The van der Waals surface area contributed by atoms with Gasteiger partial charge in [0.15, 0.2) is 0 Å². The molecule has 1 amide bonds. The van der Waals surface area contributed by atoms with Gasteiger partial charge in [-0.25, -0.2) is 0 Å². The Morgan fingerprint density at radius 3 is 1.38 bits per heavy atom. The van der Waals surface area contributed by atoms with Crippen LogP contribution in [0.4, 0.5) is 0 Å². The van der Waals surface area contributed by atoms with E-state index in [4.69, 9.17) is 0 Å². The fraction of sp³-hybridized carbons (Fsp3) is 0.208. The van der Waals surface area contributed by atoms with Crippen LogP contribution in [0, 0.1) is 0 Å². The number of nitrogens with zero attached hydrogens (tertiary/aromatic N) is 1. The Hall–Kier alpha value is -2.87. The maximum atomic E-state index is 10.7.